The van der Waals surface area contributed by atoms with Gasteiger partial charge < -0.3 is 9.47 Å². The molecule has 0 unspecified atom stereocenters. The highest BCUT2D eigenvalue weighted by molar-refractivity contribution is 5.69. The van der Waals surface area contributed by atoms with Crippen molar-refractivity contribution in [1.29, 1.82) is 0 Å². The summed E-state index contributed by atoms with van der Waals surface area (Å²) in [7, 11) is 0. The molecule has 1 heterocycles. The number of ether oxygens (including phenoxy) is 2. The topological polar surface area (TPSA) is 48.4 Å². The summed E-state index contributed by atoms with van der Waals surface area (Å²) in [6.07, 6.45) is 6.21. The average Bonchev–Trinajstić information content (AvgIpc) is 2.39. The summed E-state index contributed by atoms with van der Waals surface area (Å²) < 4.78 is 10.3. The fourth-order valence-corrected chi connectivity index (χ4v) is 1.57. The smallest absolute Gasteiger partial charge is 0.305 e. The molecule has 4 nitrogen and oxygen atoms in total. The number of carbonyl (C=O) groups is 1. The van der Waals surface area contributed by atoms with Gasteiger partial charge >= 0.3 is 5.97 Å². The van der Waals surface area contributed by atoms with E-state index in [2.05, 4.69) is 4.98 Å². The van der Waals surface area contributed by atoms with Gasteiger partial charge in [-0.3, -0.25) is 4.79 Å². The van der Waals surface area contributed by atoms with Gasteiger partial charge in [-0.1, -0.05) is 18.9 Å². The van der Waals surface area contributed by atoms with Gasteiger partial charge in [-0.25, -0.2) is 4.98 Å². The molecule has 0 radical (unpaired) electrons. The summed E-state index contributed by atoms with van der Waals surface area (Å²) in [6.45, 7) is 2.97. The minimum absolute atomic E-state index is 0.0952. The van der Waals surface area contributed by atoms with E-state index in [1.807, 2.05) is 25.1 Å². The van der Waals surface area contributed by atoms with Crippen LogP contribution in [0, 0.1) is 0 Å². The minimum Gasteiger partial charge on any atom is -0.478 e. The summed E-state index contributed by atoms with van der Waals surface area (Å²) in [4.78, 5) is 15.1. The maximum atomic E-state index is 11.1. The van der Waals surface area contributed by atoms with Crippen LogP contribution in [0.1, 0.15) is 39.0 Å². The first-order chi connectivity index (χ1) is 8.83. The number of carbonyl (C=O) groups excluding carboxylic acids is 1. The van der Waals surface area contributed by atoms with Crippen LogP contribution in [-0.2, 0) is 9.53 Å². The Kier molecular flexibility index (Phi) is 7.60. The number of esters is 1. The zero-order valence-electron chi connectivity index (χ0n) is 10.9. The van der Waals surface area contributed by atoms with Gasteiger partial charge in [-0.2, -0.15) is 0 Å². The molecule has 0 saturated carbocycles. The Morgan fingerprint density at radius 2 is 2.06 bits per heavy atom. The molecular weight excluding hydrogens is 230 g/mol. The van der Waals surface area contributed by atoms with Gasteiger partial charge in [0.25, 0.3) is 0 Å². The molecule has 0 saturated heterocycles. The second-order valence-corrected chi connectivity index (χ2v) is 3.99. The normalized spacial score (nSPS) is 10.1. The third-order valence-electron chi connectivity index (χ3n) is 2.47. The highest BCUT2D eigenvalue weighted by atomic mass is 16.5. The summed E-state index contributed by atoms with van der Waals surface area (Å²) in [5.41, 5.74) is 0. The van der Waals surface area contributed by atoms with Gasteiger partial charge in [-0.15, -0.1) is 0 Å². The molecule has 0 aromatic carbocycles. The van der Waals surface area contributed by atoms with Crippen molar-refractivity contribution in [1.82, 2.24) is 4.98 Å². The molecule has 100 valence electrons. The molecular formula is C14H21NO3. The minimum atomic E-state index is -0.0952. The largest absolute Gasteiger partial charge is 0.478 e. The molecule has 0 atom stereocenters. The van der Waals surface area contributed by atoms with E-state index in [1.165, 1.54) is 0 Å². The van der Waals surface area contributed by atoms with Crippen LogP contribution in [0.5, 0.6) is 5.88 Å². The van der Waals surface area contributed by atoms with Crippen LogP contribution in [0.2, 0.25) is 0 Å². The summed E-state index contributed by atoms with van der Waals surface area (Å²) in [5, 5.41) is 0. The Bertz CT molecular complexity index is 327. The van der Waals surface area contributed by atoms with E-state index < -0.39 is 0 Å². The first kappa shape index (κ1) is 14.5. The van der Waals surface area contributed by atoms with Crippen molar-refractivity contribution in [3.63, 3.8) is 0 Å². The number of hydrogen-bond acceptors (Lipinski definition) is 4. The van der Waals surface area contributed by atoms with Crippen molar-refractivity contribution >= 4 is 5.97 Å². The Morgan fingerprint density at radius 3 is 2.78 bits per heavy atom. The van der Waals surface area contributed by atoms with Crippen LogP contribution >= 0.6 is 0 Å². The summed E-state index contributed by atoms with van der Waals surface area (Å²) in [5.74, 6) is 0.575. The third-order valence-corrected chi connectivity index (χ3v) is 2.47. The highest BCUT2D eigenvalue weighted by Gasteiger charge is 2.00. The van der Waals surface area contributed by atoms with E-state index in [0.717, 1.165) is 25.7 Å². The zero-order valence-corrected chi connectivity index (χ0v) is 10.9. The van der Waals surface area contributed by atoms with E-state index in [9.17, 15) is 4.79 Å². The van der Waals surface area contributed by atoms with E-state index in [1.54, 1.807) is 6.20 Å². The van der Waals surface area contributed by atoms with E-state index in [-0.39, 0.29) is 5.97 Å². The molecule has 0 amide bonds. The number of nitrogens with zero attached hydrogens (tertiary/aromatic N) is 1. The van der Waals surface area contributed by atoms with Gasteiger partial charge in [0.15, 0.2) is 0 Å². The maximum Gasteiger partial charge on any atom is 0.305 e. The van der Waals surface area contributed by atoms with Gasteiger partial charge in [0.05, 0.1) is 13.2 Å². The molecule has 0 fully saturated rings. The molecule has 0 aliphatic rings. The first-order valence-electron chi connectivity index (χ1n) is 6.52. The van der Waals surface area contributed by atoms with Crippen LogP contribution in [-0.4, -0.2) is 24.2 Å². The van der Waals surface area contributed by atoms with Crippen molar-refractivity contribution < 1.29 is 14.3 Å². The van der Waals surface area contributed by atoms with Gasteiger partial charge in [0.1, 0.15) is 0 Å². The van der Waals surface area contributed by atoms with Crippen molar-refractivity contribution in [3.05, 3.63) is 24.4 Å². The predicted octanol–water partition coefficient (Wildman–Crippen LogP) is 2.97. The third kappa shape index (κ3) is 6.89. The van der Waals surface area contributed by atoms with Gasteiger partial charge in [0, 0.05) is 18.7 Å². The Hall–Kier alpha value is -1.58. The standard InChI is InChI=1S/C14H21NO3/c1-2-17-14(16)10-5-3-4-8-12-18-13-9-6-7-11-15-13/h6-7,9,11H,2-5,8,10,12H2,1H3. The van der Waals surface area contributed by atoms with Crippen molar-refractivity contribution in [2.24, 2.45) is 0 Å². The van der Waals surface area contributed by atoms with E-state index in [4.69, 9.17) is 9.47 Å². The monoisotopic (exact) mass is 251 g/mol. The van der Waals surface area contributed by atoms with E-state index in [0.29, 0.717) is 25.5 Å². The zero-order chi connectivity index (χ0) is 13.1. The SMILES string of the molecule is CCOC(=O)CCCCCCOc1ccccn1. The highest BCUT2D eigenvalue weighted by Crippen LogP contribution is 2.07. The molecule has 4 heteroatoms. The van der Waals surface area contributed by atoms with Crippen LogP contribution < -0.4 is 4.74 Å². The number of unbranched alkanes of at least 4 members (excludes halogenated alkanes) is 3. The molecule has 1 aromatic heterocycles. The molecule has 1 rings (SSSR count). The number of hydrogen-bond donors (Lipinski definition) is 0. The van der Waals surface area contributed by atoms with Crippen LogP contribution in [0.15, 0.2) is 24.4 Å². The fraction of sp³-hybridized carbons (Fsp3) is 0.571. The molecule has 0 N–H and O–H groups in total. The fourth-order valence-electron chi connectivity index (χ4n) is 1.57. The maximum absolute atomic E-state index is 11.1. The molecule has 0 aliphatic heterocycles. The van der Waals surface area contributed by atoms with Crippen molar-refractivity contribution in [3.8, 4) is 5.88 Å². The lowest BCUT2D eigenvalue weighted by Crippen LogP contribution is -2.03. The quantitative estimate of drug-likeness (QED) is 0.500. The molecule has 18 heavy (non-hydrogen) atoms. The first-order valence-corrected chi connectivity index (χ1v) is 6.52. The lowest BCUT2D eigenvalue weighted by atomic mass is 10.1. The number of rotatable bonds is 9. The molecule has 1 aromatic rings. The average molecular weight is 251 g/mol. The lowest BCUT2D eigenvalue weighted by Gasteiger charge is -2.04. The molecule has 0 spiro atoms. The predicted molar refractivity (Wildman–Crippen MR) is 69.5 cm³/mol. The second kappa shape index (κ2) is 9.45. The number of aromatic nitrogens is 1. The molecule has 0 bridgehead atoms. The Labute approximate surface area is 108 Å². The molecule has 0 aliphatic carbocycles. The Morgan fingerprint density at radius 1 is 1.22 bits per heavy atom. The lowest BCUT2D eigenvalue weighted by molar-refractivity contribution is -0.143. The van der Waals surface area contributed by atoms with Crippen LogP contribution in [0.25, 0.3) is 0 Å². The van der Waals surface area contributed by atoms with Crippen LogP contribution in [0.4, 0.5) is 0 Å². The van der Waals surface area contributed by atoms with Gasteiger partial charge in [0.2, 0.25) is 5.88 Å². The van der Waals surface area contributed by atoms with E-state index >= 15 is 0 Å². The van der Waals surface area contributed by atoms with Crippen LogP contribution in [0.3, 0.4) is 0 Å². The second-order valence-electron chi connectivity index (χ2n) is 3.99. The van der Waals surface area contributed by atoms with Crippen molar-refractivity contribution in [2.75, 3.05) is 13.2 Å². The van der Waals surface area contributed by atoms with Crippen molar-refractivity contribution in [2.45, 2.75) is 39.0 Å². The summed E-state index contributed by atoms with van der Waals surface area (Å²) in [6, 6.07) is 5.62. The number of pyridine rings is 1. The summed E-state index contributed by atoms with van der Waals surface area (Å²) >= 11 is 0. The Balaban J connectivity index is 1.92. The van der Waals surface area contributed by atoms with Gasteiger partial charge in [-0.05, 0) is 25.8 Å².